The Hall–Kier alpha value is 0.830. The van der Waals surface area contributed by atoms with Gasteiger partial charge in [-0.1, -0.05) is 11.6 Å². The first-order valence-corrected chi connectivity index (χ1v) is 5.34. The van der Waals surface area contributed by atoms with Gasteiger partial charge in [-0.3, -0.25) is 0 Å². The lowest BCUT2D eigenvalue weighted by Crippen LogP contribution is -2.28. The predicted molar refractivity (Wildman–Crippen MR) is 55.5 cm³/mol. The minimum atomic E-state index is -0.511. The molecule has 0 radical (unpaired) electrons. The highest BCUT2D eigenvalue weighted by atomic mass is 35.5. The second-order valence-corrected chi connectivity index (χ2v) is 4.90. The smallest absolute Gasteiger partial charge is 0.149 e. The third kappa shape index (κ3) is 6.36. The zero-order valence-electron chi connectivity index (χ0n) is 7.45. The molecule has 4 heteroatoms. The summed E-state index contributed by atoms with van der Waals surface area (Å²) in [7, 11) is 0. The average Bonchev–Trinajstić information content (AvgIpc) is 1.96. The largest absolute Gasteiger partial charge is 0.361 e. The number of rotatable bonds is 6. The topological polar surface area (TPSA) is 9.23 Å². The third-order valence-electron chi connectivity index (χ3n) is 1.33. The summed E-state index contributed by atoms with van der Waals surface area (Å²) in [6, 6.07) is 0. The van der Waals surface area contributed by atoms with E-state index in [0.29, 0.717) is 12.5 Å². The van der Waals surface area contributed by atoms with Crippen molar-refractivity contribution in [1.29, 1.82) is 0 Å². The van der Waals surface area contributed by atoms with Crippen LogP contribution in [-0.4, -0.2) is 22.9 Å². The van der Waals surface area contributed by atoms with Gasteiger partial charge in [0, 0.05) is 12.5 Å². The highest BCUT2D eigenvalue weighted by Gasteiger charge is 2.25. The maximum absolute atomic E-state index is 5.91. The van der Waals surface area contributed by atoms with Crippen LogP contribution in [0.1, 0.15) is 26.7 Å². The molecule has 0 N–H and O–H groups in total. The van der Waals surface area contributed by atoms with Crippen molar-refractivity contribution in [3.05, 3.63) is 0 Å². The van der Waals surface area contributed by atoms with Crippen molar-refractivity contribution in [2.75, 3.05) is 12.5 Å². The maximum Gasteiger partial charge on any atom is 0.149 e. The Balaban J connectivity index is 3.38. The molecule has 74 valence electrons. The van der Waals surface area contributed by atoms with Gasteiger partial charge in [-0.2, -0.15) is 0 Å². The van der Waals surface area contributed by atoms with E-state index in [0.717, 1.165) is 12.8 Å². The predicted octanol–water partition coefficient (Wildman–Crippen LogP) is 3.60. The Bertz CT molecular complexity index is 111. The molecule has 0 saturated carbocycles. The first-order valence-electron chi connectivity index (χ1n) is 3.99. The van der Waals surface area contributed by atoms with E-state index in [9.17, 15) is 0 Å². The molecule has 0 amide bonds. The molecule has 0 bridgehead atoms. The zero-order chi connectivity index (χ0) is 9.61. The van der Waals surface area contributed by atoms with E-state index in [-0.39, 0.29) is 0 Å². The monoisotopic (exact) mass is 232 g/mol. The lowest BCUT2D eigenvalue weighted by molar-refractivity contribution is 0.0847. The molecular weight excluding hydrogens is 218 g/mol. The molecule has 0 aromatic heterocycles. The molecule has 0 aliphatic rings. The van der Waals surface area contributed by atoms with Crippen LogP contribution >= 0.6 is 34.8 Å². The zero-order valence-corrected chi connectivity index (χ0v) is 9.72. The van der Waals surface area contributed by atoms with Crippen molar-refractivity contribution in [3.63, 3.8) is 0 Å². The van der Waals surface area contributed by atoms with Gasteiger partial charge in [-0.05, 0) is 26.7 Å². The molecule has 0 spiro atoms. The highest BCUT2D eigenvalue weighted by molar-refractivity contribution is 6.31. The second-order valence-electron chi connectivity index (χ2n) is 3.15. The van der Waals surface area contributed by atoms with Gasteiger partial charge >= 0.3 is 0 Å². The lowest BCUT2D eigenvalue weighted by Gasteiger charge is -2.22. The number of halogens is 3. The normalized spacial score (nSPS) is 14.8. The molecule has 0 aromatic rings. The summed E-state index contributed by atoms with van der Waals surface area (Å²) in [4.78, 5) is -0.511. The summed E-state index contributed by atoms with van der Waals surface area (Å²) in [5, 5.41) is 0. The number of ether oxygens (including phenoxy) is 1. The van der Waals surface area contributed by atoms with E-state index in [4.69, 9.17) is 39.5 Å². The van der Waals surface area contributed by atoms with Gasteiger partial charge in [0.05, 0.1) is 4.87 Å². The molecule has 0 saturated heterocycles. The molecule has 12 heavy (non-hydrogen) atoms. The fourth-order valence-corrected chi connectivity index (χ4v) is 0.923. The molecule has 0 rings (SSSR count). The Morgan fingerprint density at radius 1 is 1.33 bits per heavy atom. The Labute approximate surface area is 89.3 Å². The van der Waals surface area contributed by atoms with Gasteiger partial charge in [0.1, 0.15) is 5.56 Å². The van der Waals surface area contributed by atoms with E-state index >= 15 is 0 Å². The van der Waals surface area contributed by atoms with Crippen molar-refractivity contribution in [3.8, 4) is 0 Å². The van der Waals surface area contributed by atoms with Crippen LogP contribution < -0.4 is 0 Å². The minimum Gasteiger partial charge on any atom is -0.361 e. The third-order valence-corrected chi connectivity index (χ3v) is 2.58. The Morgan fingerprint density at radius 3 is 2.33 bits per heavy atom. The van der Waals surface area contributed by atoms with Crippen LogP contribution in [0, 0.1) is 0 Å². The Kier molecular flexibility index (Phi) is 6.75. The van der Waals surface area contributed by atoms with Gasteiger partial charge in [0.2, 0.25) is 0 Å². The van der Waals surface area contributed by atoms with E-state index in [1.165, 1.54) is 0 Å². The van der Waals surface area contributed by atoms with Gasteiger partial charge < -0.3 is 4.74 Å². The molecule has 0 aliphatic carbocycles. The Morgan fingerprint density at radius 2 is 1.92 bits per heavy atom. The first-order chi connectivity index (χ1) is 5.48. The summed E-state index contributed by atoms with van der Waals surface area (Å²) in [5.74, 6) is 0.667. The van der Waals surface area contributed by atoms with E-state index in [1.807, 2.05) is 13.8 Å². The van der Waals surface area contributed by atoms with Crippen LogP contribution in [-0.2, 0) is 4.74 Å². The number of alkyl halides is 3. The van der Waals surface area contributed by atoms with Crippen molar-refractivity contribution < 1.29 is 4.74 Å². The van der Waals surface area contributed by atoms with Crippen LogP contribution in [0.3, 0.4) is 0 Å². The van der Waals surface area contributed by atoms with Crippen molar-refractivity contribution in [2.24, 2.45) is 0 Å². The van der Waals surface area contributed by atoms with E-state index in [2.05, 4.69) is 0 Å². The number of hydrogen-bond donors (Lipinski definition) is 0. The maximum atomic E-state index is 5.91. The van der Waals surface area contributed by atoms with Gasteiger partial charge in [0.25, 0.3) is 0 Å². The highest BCUT2D eigenvalue weighted by Crippen LogP contribution is 2.24. The van der Waals surface area contributed by atoms with Crippen molar-refractivity contribution in [2.45, 2.75) is 37.1 Å². The van der Waals surface area contributed by atoms with E-state index in [1.54, 1.807) is 0 Å². The molecule has 1 nitrogen and oxygen atoms in total. The summed E-state index contributed by atoms with van der Waals surface area (Å²) in [6.45, 7) is 4.28. The number of unbranched alkanes of at least 4 members (excludes halogenated alkanes) is 1. The summed E-state index contributed by atoms with van der Waals surface area (Å²) < 4.78 is 5.28. The van der Waals surface area contributed by atoms with Crippen LogP contribution in [0.2, 0.25) is 0 Å². The van der Waals surface area contributed by atoms with Crippen molar-refractivity contribution >= 4 is 34.8 Å². The van der Waals surface area contributed by atoms with Crippen molar-refractivity contribution in [1.82, 2.24) is 0 Å². The average molecular weight is 234 g/mol. The lowest BCUT2D eigenvalue weighted by atomic mass is 10.2. The van der Waals surface area contributed by atoms with Gasteiger partial charge in [-0.25, -0.2) is 0 Å². The van der Waals surface area contributed by atoms with Crippen LogP contribution in [0.5, 0.6) is 0 Å². The van der Waals surface area contributed by atoms with Gasteiger partial charge in [-0.15, -0.1) is 23.2 Å². The van der Waals surface area contributed by atoms with E-state index < -0.39 is 10.4 Å². The summed E-state index contributed by atoms with van der Waals surface area (Å²) >= 11 is 17.3. The molecule has 0 aliphatic heterocycles. The fourth-order valence-electron chi connectivity index (χ4n) is 0.582. The fraction of sp³-hybridized carbons (Fsp3) is 1.00. The first kappa shape index (κ1) is 12.8. The SMILES string of the molecule is CC(C)(Cl)C(Cl)OCCCCCl. The summed E-state index contributed by atoms with van der Waals surface area (Å²) in [6.07, 6.45) is 1.88. The molecular formula is C8H15Cl3O. The molecule has 1 atom stereocenters. The molecule has 0 fully saturated rings. The minimum absolute atomic E-state index is 0.436. The van der Waals surface area contributed by atoms with Gasteiger partial charge in [0.15, 0.2) is 0 Å². The van der Waals surface area contributed by atoms with Crippen LogP contribution in [0.4, 0.5) is 0 Å². The second kappa shape index (κ2) is 6.31. The molecule has 0 aromatic carbocycles. The number of hydrogen-bond acceptors (Lipinski definition) is 1. The summed E-state index contributed by atoms with van der Waals surface area (Å²) in [5.41, 5.74) is -0.436. The quantitative estimate of drug-likeness (QED) is 0.503. The standard InChI is InChI=1S/C8H15Cl3O/c1-8(2,11)7(10)12-6-4-3-5-9/h7H,3-6H2,1-2H3. The van der Waals surface area contributed by atoms with Crippen LogP contribution in [0.15, 0.2) is 0 Å². The molecule has 0 heterocycles. The van der Waals surface area contributed by atoms with Crippen LogP contribution in [0.25, 0.3) is 0 Å². The molecule has 1 unspecified atom stereocenters.